The summed E-state index contributed by atoms with van der Waals surface area (Å²) in [6.45, 7) is 1.44. The van der Waals surface area contributed by atoms with E-state index in [4.69, 9.17) is 0 Å². The van der Waals surface area contributed by atoms with Gasteiger partial charge in [0.05, 0.1) is 0 Å². The van der Waals surface area contributed by atoms with Crippen molar-refractivity contribution in [1.82, 2.24) is 10.2 Å². The van der Waals surface area contributed by atoms with Crippen molar-refractivity contribution in [1.29, 1.82) is 0 Å². The van der Waals surface area contributed by atoms with Gasteiger partial charge in [-0.3, -0.25) is 4.79 Å². The van der Waals surface area contributed by atoms with E-state index < -0.39 is 14.6 Å². The molecule has 1 heterocycles. The molecule has 1 amide bonds. The highest BCUT2D eigenvalue weighted by molar-refractivity contribution is 7.92. The number of carbonyl (C=O) groups excluding carboxylic acids is 1. The zero-order chi connectivity index (χ0) is 19.5. The zero-order valence-corrected chi connectivity index (χ0v) is 17.9. The number of rotatable bonds is 5. The Kier molecular flexibility index (Phi) is 7.26. The molecule has 7 heteroatoms. The number of halogens is 1. The number of nitrogens with zero attached hydrogens (tertiary/aromatic N) is 1. The summed E-state index contributed by atoms with van der Waals surface area (Å²) in [5.41, 5.74) is 3.13. The lowest BCUT2D eigenvalue weighted by atomic mass is 9.94. The molecule has 0 saturated carbocycles. The van der Waals surface area contributed by atoms with Crippen molar-refractivity contribution in [2.75, 3.05) is 26.4 Å². The largest absolute Gasteiger partial charge is 0.340 e. The third kappa shape index (κ3) is 4.40. The Hall–Kier alpha value is -1.89. The minimum Gasteiger partial charge on any atom is -0.340 e. The van der Waals surface area contributed by atoms with Gasteiger partial charge in [0.25, 0.3) is 0 Å². The van der Waals surface area contributed by atoms with Gasteiger partial charge in [0.15, 0.2) is 14.6 Å². The van der Waals surface area contributed by atoms with Crippen molar-refractivity contribution in [2.45, 2.75) is 24.1 Å². The van der Waals surface area contributed by atoms with Crippen LogP contribution in [0.1, 0.15) is 18.4 Å². The number of nitrogens with one attached hydrogen (secondary N) is 1. The molecule has 0 atom stereocenters. The van der Waals surface area contributed by atoms with E-state index in [2.05, 4.69) is 5.32 Å². The molecule has 0 aromatic heterocycles. The van der Waals surface area contributed by atoms with Gasteiger partial charge in [-0.25, -0.2) is 8.42 Å². The summed E-state index contributed by atoms with van der Waals surface area (Å²) < 4.78 is 23.7. The second-order valence-corrected chi connectivity index (χ2v) is 9.53. The lowest BCUT2D eigenvalue weighted by Gasteiger charge is -2.37. The SMILES string of the molecule is CN(Cc1ccccc1-c1ccccc1)C(=O)C1(S(C)(=O)=O)CCNCC1.Cl. The molecule has 0 spiro atoms. The van der Waals surface area contributed by atoms with Gasteiger partial charge < -0.3 is 10.2 Å². The van der Waals surface area contributed by atoms with Gasteiger partial charge in [-0.15, -0.1) is 12.4 Å². The molecule has 2 aromatic carbocycles. The second kappa shape index (κ2) is 9.07. The molecule has 5 nitrogen and oxygen atoms in total. The van der Waals surface area contributed by atoms with Crippen LogP contribution in [0.2, 0.25) is 0 Å². The summed E-state index contributed by atoms with van der Waals surface area (Å²) in [6.07, 6.45) is 1.81. The van der Waals surface area contributed by atoms with Crippen LogP contribution in [-0.4, -0.2) is 50.4 Å². The first-order valence-electron chi connectivity index (χ1n) is 9.14. The van der Waals surface area contributed by atoms with Crippen LogP contribution in [-0.2, 0) is 21.2 Å². The maximum Gasteiger partial charge on any atom is 0.244 e. The quantitative estimate of drug-likeness (QED) is 0.804. The molecule has 0 unspecified atom stereocenters. The number of carbonyl (C=O) groups is 1. The summed E-state index contributed by atoms with van der Waals surface area (Å²) in [4.78, 5) is 14.8. The van der Waals surface area contributed by atoms with Crippen LogP contribution in [0.15, 0.2) is 54.6 Å². The first-order valence-corrected chi connectivity index (χ1v) is 11.0. The van der Waals surface area contributed by atoms with Gasteiger partial charge in [-0.1, -0.05) is 54.6 Å². The first-order chi connectivity index (χ1) is 12.8. The van der Waals surface area contributed by atoms with Crippen LogP contribution in [0.4, 0.5) is 0 Å². The predicted molar refractivity (Wildman–Crippen MR) is 115 cm³/mol. The second-order valence-electron chi connectivity index (χ2n) is 7.20. The zero-order valence-electron chi connectivity index (χ0n) is 16.2. The van der Waals surface area contributed by atoms with Crippen molar-refractivity contribution in [3.05, 3.63) is 60.2 Å². The molecule has 1 aliphatic heterocycles. The number of hydrogen-bond donors (Lipinski definition) is 1. The van der Waals surface area contributed by atoms with E-state index in [1.807, 2.05) is 54.6 Å². The van der Waals surface area contributed by atoms with Crippen molar-refractivity contribution in [3.8, 4) is 11.1 Å². The van der Waals surface area contributed by atoms with Crippen molar-refractivity contribution < 1.29 is 13.2 Å². The smallest absolute Gasteiger partial charge is 0.244 e. The van der Waals surface area contributed by atoms with E-state index >= 15 is 0 Å². The summed E-state index contributed by atoms with van der Waals surface area (Å²) in [5, 5.41) is 3.15. The van der Waals surface area contributed by atoms with Crippen LogP contribution in [0.25, 0.3) is 11.1 Å². The molecule has 0 aliphatic carbocycles. The molecule has 0 radical (unpaired) electrons. The fraction of sp³-hybridized carbons (Fsp3) is 0.381. The van der Waals surface area contributed by atoms with Gasteiger partial charge in [-0.05, 0) is 42.6 Å². The molecule has 0 bridgehead atoms. The molecule has 1 fully saturated rings. The summed E-state index contributed by atoms with van der Waals surface area (Å²) in [5.74, 6) is -0.311. The number of hydrogen-bond acceptors (Lipinski definition) is 4. The van der Waals surface area contributed by atoms with Gasteiger partial charge >= 0.3 is 0 Å². The Morgan fingerprint density at radius 1 is 1.04 bits per heavy atom. The van der Waals surface area contributed by atoms with Gasteiger partial charge in [0, 0.05) is 19.8 Å². The fourth-order valence-corrected chi connectivity index (χ4v) is 5.23. The van der Waals surface area contributed by atoms with Crippen LogP contribution in [0, 0.1) is 0 Å². The normalized spacial score (nSPS) is 16.1. The monoisotopic (exact) mass is 422 g/mol. The Labute approximate surface area is 173 Å². The molecular formula is C21H27ClN2O3S. The van der Waals surface area contributed by atoms with E-state index in [-0.39, 0.29) is 18.3 Å². The Morgan fingerprint density at radius 2 is 1.61 bits per heavy atom. The number of benzene rings is 2. The van der Waals surface area contributed by atoms with Crippen molar-refractivity contribution in [2.24, 2.45) is 0 Å². The average Bonchev–Trinajstić information content (AvgIpc) is 2.68. The third-order valence-corrected chi connectivity index (χ3v) is 7.37. The lowest BCUT2D eigenvalue weighted by Crippen LogP contribution is -2.57. The van der Waals surface area contributed by atoms with E-state index in [1.165, 1.54) is 6.26 Å². The number of sulfone groups is 1. The summed E-state index contributed by atoms with van der Waals surface area (Å²) in [6, 6.07) is 17.9. The summed E-state index contributed by atoms with van der Waals surface area (Å²) in [7, 11) is -1.82. The topological polar surface area (TPSA) is 66.5 Å². The number of amides is 1. The van der Waals surface area contributed by atoms with E-state index in [1.54, 1.807) is 11.9 Å². The fourth-order valence-electron chi connectivity index (χ4n) is 3.81. The Morgan fingerprint density at radius 3 is 2.21 bits per heavy atom. The molecule has 28 heavy (non-hydrogen) atoms. The van der Waals surface area contributed by atoms with Gasteiger partial charge in [0.1, 0.15) is 0 Å². The maximum atomic E-state index is 13.2. The van der Waals surface area contributed by atoms with Crippen LogP contribution in [0.3, 0.4) is 0 Å². The number of piperidine rings is 1. The predicted octanol–water partition coefficient (Wildman–Crippen LogP) is 2.90. The van der Waals surface area contributed by atoms with Crippen molar-refractivity contribution in [3.63, 3.8) is 0 Å². The minimum absolute atomic E-state index is 0. The highest BCUT2D eigenvalue weighted by atomic mass is 35.5. The molecule has 152 valence electrons. The van der Waals surface area contributed by atoms with Crippen LogP contribution in [0.5, 0.6) is 0 Å². The molecule has 3 rings (SSSR count). The standard InChI is InChI=1S/C21H26N2O3S.ClH/c1-23(20(24)21(27(2,25)26)12-14-22-15-13-21)16-18-10-6-7-11-19(18)17-8-4-3-5-9-17;/h3-11,22H,12-16H2,1-2H3;1H. The van der Waals surface area contributed by atoms with Gasteiger partial charge in [0.2, 0.25) is 5.91 Å². The Bertz CT molecular complexity index is 910. The van der Waals surface area contributed by atoms with Crippen LogP contribution >= 0.6 is 12.4 Å². The minimum atomic E-state index is -3.52. The average molecular weight is 423 g/mol. The molecule has 2 aromatic rings. The Balaban J connectivity index is 0.00000280. The summed E-state index contributed by atoms with van der Waals surface area (Å²) >= 11 is 0. The molecular weight excluding hydrogens is 396 g/mol. The molecule has 1 N–H and O–H groups in total. The highest BCUT2D eigenvalue weighted by Crippen LogP contribution is 2.31. The third-order valence-electron chi connectivity index (χ3n) is 5.37. The molecule has 1 saturated heterocycles. The lowest BCUT2D eigenvalue weighted by molar-refractivity contribution is -0.134. The van der Waals surface area contributed by atoms with Gasteiger partial charge in [-0.2, -0.15) is 0 Å². The van der Waals surface area contributed by atoms with E-state index in [0.29, 0.717) is 32.5 Å². The van der Waals surface area contributed by atoms with Crippen LogP contribution < -0.4 is 5.32 Å². The van der Waals surface area contributed by atoms with E-state index in [9.17, 15) is 13.2 Å². The molecule has 1 aliphatic rings. The highest BCUT2D eigenvalue weighted by Gasteiger charge is 2.49. The maximum absolute atomic E-state index is 13.2. The van der Waals surface area contributed by atoms with E-state index in [0.717, 1.165) is 16.7 Å². The van der Waals surface area contributed by atoms with Crippen molar-refractivity contribution >= 4 is 28.2 Å². The first kappa shape index (κ1) is 22.4.